The Hall–Kier alpha value is -2.70. The molecule has 0 amide bonds. The summed E-state index contributed by atoms with van der Waals surface area (Å²) in [5.41, 5.74) is 4.07. The molecule has 55 heavy (non-hydrogen) atoms. The molecule has 8 rings (SSSR count). The van der Waals surface area contributed by atoms with E-state index in [-0.39, 0.29) is 35.9 Å². The molecule has 0 aromatic heterocycles. The van der Waals surface area contributed by atoms with Crippen molar-refractivity contribution in [2.45, 2.75) is 173 Å². The molecule has 0 unspecified atom stereocenters. The molecule has 4 aliphatic carbocycles. The van der Waals surface area contributed by atoms with E-state index < -0.39 is 33.7 Å². The molecular formula is C47H66N2O6. The van der Waals surface area contributed by atoms with Crippen LogP contribution in [0.25, 0.3) is 0 Å². The van der Waals surface area contributed by atoms with Gasteiger partial charge in [0, 0.05) is 36.3 Å². The molecule has 4 saturated carbocycles. The Morgan fingerprint density at radius 1 is 0.945 bits per heavy atom. The highest BCUT2D eigenvalue weighted by atomic mass is 16.6. The van der Waals surface area contributed by atoms with Gasteiger partial charge in [-0.05, 0) is 106 Å². The molecule has 5 fully saturated rings. The molecule has 1 aromatic carbocycles. The summed E-state index contributed by atoms with van der Waals surface area (Å²) in [6.45, 7) is 7.06. The summed E-state index contributed by atoms with van der Waals surface area (Å²) in [7, 11) is 0. The molecular weight excluding hydrogens is 689 g/mol. The maximum absolute atomic E-state index is 15.0. The SMILES string of the molecule is C[C@H](CCCc1ccccc1)CCC[C@@]12[C@@H](O)CC[C@]3(C)[C@@H]4CCC[C@H]4NN[C@]4(C[C@](C)(C#CCC5(CCCCC5)C(=O)O4)[C@]1(O)CCC1=CC(=O)OC1)[C@@H]32. The van der Waals surface area contributed by atoms with Crippen molar-refractivity contribution in [3.8, 4) is 11.8 Å². The maximum atomic E-state index is 15.0. The Morgan fingerprint density at radius 3 is 2.49 bits per heavy atom. The Morgan fingerprint density at radius 2 is 1.73 bits per heavy atom. The topological polar surface area (TPSA) is 117 Å². The van der Waals surface area contributed by atoms with E-state index >= 15 is 0 Å². The van der Waals surface area contributed by atoms with Gasteiger partial charge >= 0.3 is 11.9 Å². The largest absolute Gasteiger partial charge is 0.458 e. The van der Waals surface area contributed by atoms with E-state index in [1.807, 2.05) is 0 Å². The fourth-order valence-electron chi connectivity index (χ4n) is 13.8. The third-order valence-electron chi connectivity index (χ3n) is 16.5. The van der Waals surface area contributed by atoms with Gasteiger partial charge in [-0.1, -0.05) is 95.0 Å². The number of nitrogens with one attached hydrogen (secondary N) is 2. The van der Waals surface area contributed by atoms with E-state index in [0.717, 1.165) is 95.5 Å². The Kier molecular flexibility index (Phi) is 10.6. The Bertz CT molecular complexity index is 1690. The summed E-state index contributed by atoms with van der Waals surface area (Å²) in [4.78, 5) is 27.2. The second-order valence-electron chi connectivity index (χ2n) is 19.7. The average molecular weight is 755 g/mol. The van der Waals surface area contributed by atoms with Crippen LogP contribution in [-0.4, -0.2) is 52.2 Å². The van der Waals surface area contributed by atoms with Gasteiger partial charge in [0.1, 0.15) is 6.61 Å². The van der Waals surface area contributed by atoms with Gasteiger partial charge in [0.05, 0.1) is 22.5 Å². The van der Waals surface area contributed by atoms with E-state index in [9.17, 15) is 19.8 Å². The van der Waals surface area contributed by atoms with Gasteiger partial charge in [0.2, 0.25) is 0 Å². The lowest BCUT2D eigenvalue weighted by Gasteiger charge is -2.72. The highest BCUT2D eigenvalue weighted by Gasteiger charge is 2.80. The minimum Gasteiger partial charge on any atom is -0.458 e. The molecule has 1 aromatic rings. The highest BCUT2D eigenvalue weighted by molar-refractivity contribution is 5.85. The minimum absolute atomic E-state index is 0.160. The van der Waals surface area contributed by atoms with Crippen LogP contribution in [0, 0.1) is 51.3 Å². The van der Waals surface area contributed by atoms with E-state index in [1.165, 1.54) is 5.56 Å². The standard InChI is InChI=1S/C47H66N2O6/c1-33(14-10-18-34-16-6-4-7-17-34)15-12-27-45-38(50)22-28-43(3)36-19-11-20-37(36)48-49-46(40(43)45)32-42(2,47(45,53)29-21-35-30-39(51)54-31-35)23-13-26-44(41(52)55-46)24-8-5-9-25-44/h4,6-7,16-17,30,33,36-38,40,48-50,53H,5,8-12,14-15,18-22,24-29,31-32H2,1-3H3/t33-,36-,37-,38+,40+,42+,43-,45+,46+,47-/m1/s1. The average Bonchev–Trinajstić information content (AvgIpc) is 3.82. The van der Waals surface area contributed by atoms with Crippen LogP contribution in [0.4, 0.5) is 0 Å². The molecule has 8 nitrogen and oxygen atoms in total. The number of carbonyl (C=O) groups is 2. The summed E-state index contributed by atoms with van der Waals surface area (Å²) >= 11 is 0. The lowest BCUT2D eigenvalue weighted by Crippen LogP contribution is -2.81. The zero-order chi connectivity index (χ0) is 38.5. The first kappa shape index (κ1) is 39.1. The number of esters is 2. The van der Waals surface area contributed by atoms with Crippen molar-refractivity contribution >= 4 is 11.9 Å². The second-order valence-corrected chi connectivity index (χ2v) is 19.7. The first-order valence-electron chi connectivity index (χ1n) is 22.0. The quantitative estimate of drug-likeness (QED) is 0.133. The van der Waals surface area contributed by atoms with Crippen LogP contribution >= 0.6 is 0 Å². The lowest BCUT2D eigenvalue weighted by atomic mass is 9.34. The van der Waals surface area contributed by atoms with Gasteiger partial charge in [-0.3, -0.25) is 10.2 Å². The van der Waals surface area contributed by atoms with Gasteiger partial charge in [0.15, 0.2) is 5.72 Å². The van der Waals surface area contributed by atoms with E-state index in [4.69, 9.17) is 9.47 Å². The van der Waals surface area contributed by atoms with Gasteiger partial charge in [-0.2, -0.15) is 0 Å². The van der Waals surface area contributed by atoms with Crippen LogP contribution in [0.15, 0.2) is 42.0 Å². The second kappa shape index (κ2) is 14.9. The lowest BCUT2D eigenvalue weighted by molar-refractivity contribution is -0.343. The Balaban J connectivity index is 1.23. The van der Waals surface area contributed by atoms with Crippen molar-refractivity contribution in [1.29, 1.82) is 0 Å². The van der Waals surface area contributed by atoms with Gasteiger partial charge < -0.3 is 19.7 Å². The number of rotatable bonds is 11. The van der Waals surface area contributed by atoms with Crippen LogP contribution < -0.4 is 10.9 Å². The van der Waals surface area contributed by atoms with Gasteiger partial charge in [-0.15, -0.1) is 5.92 Å². The molecule has 2 spiro atoms. The molecule has 4 N–H and O–H groups in total. The third kappa shape index (κ3) is 6.52. The summed E-state index contributed by atoms with van der Waals surface area (Å²) in [5, 5.41) is 27.2. The summed E-state index contributed by atoms with van der Waals surface area (Å²) in [5.74, 6) is 7.16. The number of aliphatic hydroxyl groups excluding tert-OH is 1. The number of ether oxygens (including phenoxy) is 2. The van der Waals surface area contributed by atoms with Crippen LogP contribution in [0.5, 0.6) is 0 Å². The molecule has 8 heteroatoms. The predicted molar refractivity (Wildman–Crippen MR) is 212 cm³/mol. The summed E-state index contributed by atoms with van der Waals surface area (Å²) < 4.78 is 12.6. The third-order valence-corrected chi connectivity index (χ3v) is 16.5. The van der Waals surface area contributed by atoms with Crippen molar-refractivity contribution in [3.63, 3.8) is 0 Å². The molecule has 3 heterocycles. The van der Waals surface area contributed by atoms with Crippen LogP contribution in [0.1, 0.15) is 148 Å². The smallest absolute Gasteiger partial charge is 0.331 e. The molecule has 3 aliphatic heterocycles. The van der Waals surface area contributed by atoms with E-state index in [2.05, 4.69) is 73.8 Å². The van der Waals surface area contributed by atoms with Crippen molar-refractivity contribution in [3.05, 3.63) is 47.5 Å². The number of carbonyl (C=O) groups excluding carboxylic acids is 2. The van der Waals surface area contributed by atoms with Gasteiger partial charge in [-0.25, -0.2) is 10.2 Å². The fourth-order valence-corrected chi connectivity index (χ4v) is 13.8. The van der Waals surface area contributed by atoms with Crippen LogP contribution in [-0.2, 0) is 25.5 Å². The van der Waals surface area contributed by atoms with Crippen molar-refractivity contribution in [2.24, 2.45) is 39.4 Å². The van der Waals surface area contributed by atoms with E-state index in [1.54, 1.807) is 6.08 Å². The number of hydrogen-bond acceptors (Lipinski definition) is 8. The number of aliphatic hydroxyl groups is 2. The Labute approximate surface area is 329 Å². The zero-order valence-corrected chi connectivity index (χ0v) is 33.7. The first-order valence-corrected chi connectivity index (χ1v) is 22.0. The van der Waals surface area contributed by atoms with E-state index in [0.29, 0.717) is 50.4 Å². The van der Waals surface area contributed by atoms with Crippen molar-refractivity contribution < 1.29 is 29.3 Å². The minimum atomic E-state index is -1.46. The first-order chi connectivity index (χ1) is 26.4. The molecule has 10 atom stereocenters. The van der Waals surface area contributed by atoms with Crippen molar-refractivity contribution in [1.82, 2.24) is 10.9 Å². The fraction of sp³-hybridized carbons (Fsp3) is 0.745. The highest BCUT2D eigenvalue weighted by Crippen LogP contribution is 2.74. The number of benzene rings is 1. The summed E-state index contributed by atoms with van der Waals surface area (Å²) in [6, 6.07) is 10.9. The molecule has 1 saturated heterocycles. The van der Waals surface area contributed by atoms with Crippen molar-refractivity contribution in [2.75, 3.05) is 6.61 Å². The number of cyclic esters (lactones) is 1. The monoisotopic (exact) mass is 754 g/mol. The normalized spacial score (nSPS) is 40.9. The number of fused-ring (bicyclic) bond motifs is 3. The number of aryl methyl sites for hydroxylation is 1. The summed E-state index contributed by atoms with van der Waals surface area (Å²) in [6.07, 6.45) is 17.2. The predicted octanol–water partition coefficient (Wildman–Crippen LogP) is 7.86. The maximum Gasteiger partial charge on any atom is 0.331 e. The van der Waals surface area contributed by atoms with Crippen LogP contribution in [0.2, 0.25) is 0 Å². The zero-order valence-electron chi connectivity index (χ0n) is 33.7. The van der Waals surface area contributed by atoms with Gasteiger partial charge in [0.25, 0.3) is 0 Å². The number of hydrogen-bond donors (Lipinski definition) is 4. The molecule has 7 aliphatic rings. The molecule has 0 radical (unpaired) electrons. The molecule has 2 bridgehead atoms. The molecule has 300 valence electrons. The number of hydrazine groups is 1. The van der Waals surface area contributed by atoms with Crippen LogP contribution in [0.3, 0.4) is 0 Å².